The first-order chi connectivity index (χ1) is 10.9. The second-order valence-corrected chi connectivity index (χ2v) is 7.38. The molecule has 4 nitrogen and oxygen atoms in total. The molecule has 1 fully saturated rings. The minimum absolute atomic E-state index is 0.241. The molecular formula is C19H30N2O2. The number of rotatable bonds is 7. The summed E-state index contributed by atoms with van der Waals surface area (Å²) in [5, 5.41) is 6.33. The fourth-order valence-corrected chi connectivity index (χ4v) is 2.47. The predicted octanol–water partition coefficient (Wildman–Crippen LogP) is 3.96. The molecule has 1 atom stereocenters. The summed E-state index contributed by atoms with van der Waals surface area (Å²) in [5.41, 5.74) is 2.29. The zero-order valence-corrected chi connectivity index (χ0v) is 14.8. The van der Waals surface area contributed by atoms with E-state index >= 15 is 0 Å². The Labute approximate surface area is 140 Å². The Kier molecular flexibility index (Phi) is 6.05. The number of hydrogen-bond donors (Lipinski definition) is 2. The van der Waals surface area contributed by atoms with Gasteiger partial charge in [0.25, 0.3) is 0 Å². The highest BCUT2D eigenvalue weighted by Gasteiger charge is 2.23. The molecule has 23 heavy (non-hydrogen) atoms. The van der Waals surface area contributed by atoms with E-state index in [4.69, 9.17) is 4.74 Å². The first-order valence-corrected chi connectivity index (χ1v) is 8.66. The van der Waals surface area contributed by atoms with Gasteiger partial charge < -0.3 is 15.4 Å². The number of carbonyl (C=O) groups is 1. The minimum atomic E-state index is -0.456. The summed E-state index contributed by atoms with van der Waals surface area (Å²) in [6.07, 6.45) is 3.28. The topological polar surface area (TPSA) is 50.4 Å². The minimum Gasteiger partial charge on any atom is -0.444 e. The first kappa shape index (κ1) is 17.8. The maximum absolute atomic E-state index is 11.7. The Hall–Kier alpha value is -1.55. The molecule has 2 N–H and O–H groups in total. The van der Waals surface area contributed by atoms with Gasteiger partial charge in [-0.1, -0.05) is 31.2 Å². The SMILES string of the molecule is CCC(CNC(=O)OC(C)(C)C)NCc1ccc(C2CC2)cc1. The molecule has 0 spiro atoms. The van der Waals surface area contributed by atoms with E-state index in [1.165, 1.54) is 24.0 Å². The summed E-state index contributed by atoms with van der Waals surface area (Å²) >= 11 is 0. The van der Waals surface area contributed by atoms with Gasteiger partial charge in [-0.25, -0.2) is 4.79 Å². The van der Waals surface area contributed by atoms with E-state index in [0.29, 0.717) is 6.54 Å². The predicted molar refractivity (Wildman–Crippen MR) is 93.6 cm³/mol. The lowest BCUT2D eigenvalue weighted by molar-refractivity contribution is 0.0522. The number of amides is 1. The van der Waals surface area contributed by atoms with Crippen LogP contribution in [0.25, 0.3) is 0 Å². The van der Waals surface area contributed by atoms with Crippen LogP contribution < -0.4 is 10.6 Å². The monoisotopic (exact) mass is 318 g/mol. The van der Waals surface area contributed by atoms with Gasteiger partial charge in [-0.2, -0.15) is 0 Å². The Bertz CT molecular complexity index is 501. The van der Waals surface area contributed by atoms with Gasteiger partial charge in [-0.15, -0.1) is 0 Å². The average Bonchev–Trinajstić information content (AvgIpc) is 3.31. The van der Waals surface area contributed by atoms with Crippen molar-refractivity contribution in [3.63, 3.8) is 0 Å². The average molecular weight is 318 g/mol. The molecule has 1 aliphatic carbocycles. The summed E-state index contributed by atoms with van der Waals surface area (Å²) in [4.78, 5) is 11.7. The third kappa shape index (κ3) is 6.61. The van der Waals surface area contributed by atoms with E-state index in [-0.39, 0.29) is 12.1 Å². The van der Waals surface area contributed by atoms with Crippen LogP contribution in [0.2, 0.25) is 0 Å². The van der Waals surface area contributed by atoms with Gasteiger partial charge in [0.05, 0.1) is 0 Å². The lowest BCUT2D eigenvalue weighted by Crippen LogP contribution is -2.42. The summed E-state index contributed by atoms with van der Waals surface area (Å²) < 4.78 is 5.26. The van der Waals surface area contributed by atoms with Crippen molar-refractivity contribution in [2.24, 2.45) is 0 Å². The highest BCUT2D eigenvalue weighted by molar-refractivity contribution is 5.67. The fraction of sp³-hybridized carbons (Fsp3) is 0.632. The summed E-state index contributed by atoms with van der Waals surface area (Å²) in [7, 11) is 0. The first-order valence-electron chi connectivity index (χ1n) is 8.66. The van der Waals surface area contributed by atoms with Gasteiger partial charge in [0.2, 0.25) is 0 Å². The molecule has 0 heterocycles. The molecule has 1 unspecified atom stereocenters. The third-order valence-electron chi connectivity index (χ3n) is 4.01. The van der Waals surface area contributed by atoms with E-state index in [0.717, 1.165) is 18.9 Å². The molecule has 1 aromatic carbocycles. The number of ether oxygens (including phenoxy) is 1. The van der Waals surface area contributed by atoms with Crippen molar-refractivity contribution in [3.05, 3.63) is 35.4 Å². The quantitative estimate of drug-likeness (QED) is 0.800. The Balaban J connectivity index is 1.72. The van der Waals surface area contributed by atoms with Crippen LogP contribution in [0, 0.1) is 0 Å². The Morgan fingerprint density at radius 3 is 2.43 bits per heavy atom. The van der Waals surface area contributed by atoms with Crippen LogP contribution in [-0.2, 0) is 11.3 Å². The van der Waals surface area contributed by atoms with E-state index in [1.807, 2.05) is 20.8 Å². The smallest absolute Gasteiger partial charge is 0.407 e. The third-order valence-corrected chi connectivity index (χ3v) is 4.01. The summed E-state index contributed by atoms with van der Waals surface area (Å²) in [6.45, 7) is 9.12. The van der Waals surface area contributed by atoms with Crippen LogP contribution in [0.1, 0.15) is 64.0 Å². The molecule has 1 aromatic rings. The van der Waals surface area contributed by atoms with E-state index in [1.54, 1.807) is 0 Å². The van der Waals surface area contributed by atoms with Crippen LogP contribution in [0.5, 0.6) is 0 Å². The van der Waals surface area contributed by atoms with Crippen molar-refractivity contribution in [3.8, 4) is 0 Å². The molecule has 0 radical (unpaired) electrons. The van der Waals surface area contributed by atoms with E-state index < -0.39 is 5.60 Å². The Morgan fingerprint density at radius 1 is 1.26 bits per heavy atom. The van der Waals surface area contributed by atoms with E-state index in [2.05, 4.69) is 41.8 Å². The molecule has 0 saturated heterocycles. The molecule has 0 aromatic heterocycles. The molecular weight excluding hydrogens is 288 g/mol. The van der Waals surface area contributed by atoms with Gasteiger partial charge in [-0.05, 0) is 57.1 Å². The van der Waals surface area contributed by atoms with Crippen LogP contribution in [0.15, 0.2) is 24.3 Å². The molecule has 0 bridgehead atoms. The zero-order valence-electron chi connectivity index (χ0n) is 14.8. The normalized spacial score (nSPS) is 16.0. The molecule has 1 amide bonds. The van der Waals surface area contributed by atoms with Gasteiger partial charge in [-0.3, -0.25) is 0 Å². The van der Waals surface area contributed by atoms with Gasteiger partial charge in [0.15, 0.2) is 0 Å². The number of nitrogens with one attached hydrogen (secondary N) is 2. The summed E-state index contributed by atoms with van der Waals surface area (Å²) in [6, 6.07) is 9.14. The number of benzene rings is 1. The van der Waals surface area contributed by atoms with Crippen molar-refractivity contribution < 1.29 is 9.53 Å². The second-order valence-electron chi connectivity index (χ2n) is 7.38. The van der Waals surface area contributed by atoms with Crippen LogP contribution in [-0.4, -0.2) is 24.3 Å². The van der Waals surface area contributed by atoms with Crippen molar-refractivity contribution in [1.82, 2.24) is 10.6 Å². The number of carbonyl (C=O) groups excluding carboxylic acids is 1. The van der Waals surface area contributed by atoms with Gasteiger partial charge >= 0.3 is 6.09 Å². The van der Waals surface area contributed by atoms with Crippen molar-refractivity contribution in [1.29, 1.82) is 0 Å². The fourth-order valence-electron chi connectivity index (χ4n) is 2.47. The highest BCUT2D eigenvalue weighted by atomic mass is 16.6. The lowest BCUT2D eigenvalue weighted by Gasteiger charge is -2.22. The molecule has 2 rings (SSSR count). The van der Waals surface area contributed by atoms with Crippen LogP contribution >= 0.6 is 0 Å². The Morgan fingerprint density at radius 2 is 1.91 bits per heavy atom. The molecule has 128 valence electrons. The van der Waals surface area contributed by atoms with Crippen LogP contribution in [0.3, 0.4) is 0 Å². The number of hydrogen-bond acceptors (Lipinski definition) is 3. The van der Waals surface area contributed by atoms with Crippen molar-refractivity contribution >= 4 is 6.09 Å². The molecule has 4 heteroatoms. The number of alkyl carbamates (subject to hydrolysis) is 1. The maximum atomic E-state index is 11.7. The van der Waals surface area contributed by atoms with Gasteiger partial charge in [0.1, 0.15) is 5.60 Å². The van der Waals surface area contributed by atoms with Crippen molar-refractivity contribution in [2.45, 2.75) is 71.1 Å². The highest BCUT2D eigenvalue weighted by Crippen LogP contribution is 2.39. The van der Waals surface area contributed by atoms with Crippen LogP contribution in [0.4, 0.5) is 4.79 Å². The molecule has 0 aliphatic heterocycles. The van der Waals surface area contributed by atoms with Crippen molar-refractivity contribution in [2.75, 3.05) is 6.54 Å². The lowest BCUT2D eigenvalue weighted by atomic mass is 10.1. The van der Waals surface area contributed by atoms with E-state index in [9.17, 15) is 4.79 Å². The van der Waals surface area contributed by atoms with Gasteiger partial charge in [0, 0.05) is 19.1 Å². The standard InChI is InChI=1S/C19H30N2O2/c1-5-17(13-21-18(22)23-19(2,3)4)20-12-14-6-8-15(9-7-14)16-10-11-16/h6-9,16-17,20H,5,10-13H2,1-4H3,(H,21,22). The molecule has 1 saturated carbocycles. The maximum Gasteiger partial charge on any atom is 0.407 e. The summed E-state index contributed by atoms with van der Waals surface area (Å²) in [5.74, 6) is 0.804. The molecule has 1 aliphatic rings. The largest absolute Gasteiger partial charge is 0.444 e. The second kappa shape index (κ2) is 7.82. The zero-order chi connectivity index (χ0) is 16.9.